The Labute approximate surface area is 205 Å². The lowest BCUT2D eigenvalue weighted by Crippen LogP contribution is -2.25. The van der Waals surface area contributed by atoms with Crippen LogP contribution in [0.1, 0.15) is 49.4 Å². The van der Waals surface area contributed by atoms with E-state index in [2.05, 4.69) is 25.8 Å². The van der Waals surface area contributed by atoms with Crippen LogP contribution in [0.25, 0.3) is 10.9 Å². The molecule has 178 valence electrons. The summed E-state index contributed by atoms with van der Waals surface area (Å²) in [4.78, 5) is 29.6. The van der Waals surface area contributed by atoms with Crippen LogP contribution < -0.4 is 15.0 Å². The van der Waals surface area contributed by atoms with Gasteiger partial charge in [-0.15, -0.1) is 0 Å². The fourth-order valence-electron chi connectivity index (χ4n) is 4.11. The first-order valence-electron chi connectivity index (χ1n) is 11.1. The minimum Gasteiger partial charge on any atom is -0.493 e. The zero-order valence-corrected chi connectivity index (χ0v) is 20.7. The molecule has 0 spiro atoms. The lowest BCUT2D eigenvalue weighted by molar-refractivity contribution is -0.142. The highest BCUT2D eigenvalue weighted by molar-refractivity contribution is 9.10. The Bertz CT molecular complexity index is 1280. The Balaban J connectivity index is 1.71. The first-order chi connectivity index (χ1) is 16.5. The lowest BCUT2D eigenvalue weighted by atomic mass is 9.88. The standard InChI is InChI=1S/C25H26BrN3O5/c1-32-22-12-16(8-11-21(22)34-15-23(30)33-2)14-27-29-24(17-6-4-3-5-7-17)28-20-10-9-18(26)13-19(20)25(29)31/h8-14,17H,3-7,15H2,1-2H3. The van der Waals surface area contributed by atoms with Crippen LogP contribution in [-0.2, 0) is 9.53 Å². The maximum atomic E-state index is 13.4. The second-order valence-corrected chi connectivity index (χ2v) is 9.02. The van der Waals surface area contributed by atoms with Crippen LogP contribution in [0.3, 0.4) is 0 Å². The number of hydrogen-bond donors (Lipinski definition) is 0. The summed E-state index contributed by atoms with van der Waals surface area (Å²) in [6.45, 7) is -0.223. The Kier molecular flexibility index (Phi) is 7.62. The van der Waals surface area contributed by atoms with Crippen molar-refractivity contribution in [3.05, 3.63) is 62.6 Å². The highest BCUT2D eigenvalue weighted by Crippen LogP contribution is 2.32. The molecular formula is C25H26BrN3O5. The van der Waals surface area contributed by atoms with E-state index in [1.807, 2.05) is 12.1 Å². The van der Waals surface area contributed by atoms with E-state index in [1.165, 1.54) is 25.3 Å². The number of ether oxygens (including phenoxy) is 3. The second-order valence-electron chi connectivity index (χ2n) is 8.10. The largest absolute Gasteiger partial charge is 0.493 e. The maximum absolute atomic E-state index is 13.4. The molecule has 0 radical (unpaired) electrons. The van der Waals surface area contributed by atoms with E-state index < -0.39 is 5.97 Å². The monoisotopic (exact) mass is 527 g/mol. The normalized spacial score (nSPS) is 14.4. The fraction of sp³-hybridized carbons (Fsp3) is 0.360. The average molecular weight is 528 g/mol. The van der Waals surface area contributed by atoms with Gasteiger partial charge in [0.2, 0.25) is 0 Å². The molecule has 9 heteroatoms. The van der Waals surface area contributed by atoms with Gasteiger partial charge in [-0.25, -0.2) is 9.78 Å². The molecule has 1 aliphatic carbocycles. The quantitative estimate of drug-likeness (QED) is 0.328. The second kappa shape index (κ2) is 10.8. The molecule has 0 bridgehead atoms. The molecule has 34 heavy (non-hydrogen) atoms. The van der Waals surface area contributed by atoms with E-state index in [-0.39, 0.29) is 18.1 Å². The maximum Gasteiger partial charge on any atom is 0.343 e. The van der Waals surface area contributed by atoms with Gasteiger partial charge >= 0.3 is 5.97 Å². The van der Waals surface area contributed by atoms with Gasteiger partial charge in [-0.1, -0.05) is 35.2 Å². The zero-order chi connectivity index (χ0) is 24.1. The molecule has 3 aromatic rings. The Morgan fingerprint density at radius 3 is 2.68 bits per heavy atom. The predicted molar refractivity (Wildman–Crippen MR) is 133 cm³/mol. The molecule has 0 amide bonds. The molecule has 0 saturated heterocycles. The number of nitrogens with zero attached hydrogens (tertiary/aromatic N) is 3. The van der Waals surface area contributed by atoms with Gasteiger partial charge < -0.3 is 14.2 Å². The molecule has 1 heterocycles. The Hall–Kier alpha value is -3.20. The highest BCUT2D eigenvalue weighted by Gasteiger charge is 2.22. The van der Waals surface area contributed by atoms with Crippen LogP contribution in [-0.4, -0.2) is 42.7 Å². The summed E-state index contributed by atoms with van der Waals surface area (Å²) in [7, 11) is 2.81. The van der Waals surface area contributed by atoms with E-state index in [0.717, 1.165) is 30.2 Å². The molecule has 1 aliphatic rings. The summed E-state index contributed by atoms with van der Waals surface area (Å²) >= 11 is 3.44. The summed E-state index contributed by atoms with van der Waals surface area (Å²) in [5.41, 5.74) is 1.18. The van der Waals surface area contributed by atoms with Crippen molar-refractivity contribution >= 4 is 39.0 Å². The molecular weight excluding hydrogens is 502 g/mol. The van der Waals surface area contributed by atoms with Gasteiger partial charge in [0.1, 0.15) is 5.82 Å². The van der Waals surface area contributed by atoms with Gasteiger partial charge in [0, 0.05) is 10.4 Å². The summed E-state index contributed by atoms with van der Waals surface area (Å²) in [6, 6.07) is 10.7. The predicted octanol–water partition coefficient (Wildman–Crippen LogP) is 4.65. The van der Waals surface area contributed by atoms with Gasteiger partial charge in [-0.2, -0.15) is 9.78 Å². The summed E-state index contributed by atoms with van der Waals surface area (Å²) in [5, 5.41) is 5.06. The molecule has 0 aliphatic heterocycles. The van der Waals surface area contributed by atoms with Gasteiger partial charge in [-0.3, -0.25) is 4.79 Å². The van der Waals surface area contributed by atoms with Crippen LogP contribution in [0.15, 0.2) is 50.8 Å². The van der Waals surface area contributed by atoms with Crippen molar-refractivity contribution in [2.24, 2.45) is 5.10 Å². The Morgan fingerprint density at radius 1 is 1.15 bits per heavy atom. The van der Waals surface area contributed by atoms with Crippen molar-refractivity contribution in [3.63, 3.8) is 0 Å². The summed E-state index contributed by atoms with van der Waals surface area (Å²) in [5.74, 6) is 1.24. The number of halogens is 1. The number of aromatic nitrogens is 2. The molecule has 1 aromatic heterocycles. The van der Waals surface area contributed by atoms with Gasteiger partial charge in [0.15, 0.2) is 18.1 Å². The molecule has 0 unspecified atom stereocenters. The topological polar surface area (TPSA) is 92.0 Å². The molecule has 2 aromatic carbocycles. The van der Waals surface area contributed by atoms with Crippen molar-refractivity contribution in [2.45, 2.75) is 38.0 Å². The molecule has 1 fully saturated rings. The smallest absolute Gasteiger partial charge is 0.343 e. The van der Waals surface area contributed by atoms with Crippen molar-refractivity contribution in [1.82, 2.24) is 9.66 Å². The molecule has 4 rings (SSSR count). The molecule has 0 atom stereocenters. The van der Waals surface area contributed by atoms with Crippen LogP contribution in [0.5, 0.6) is 11.5 Å². The number of fused-ring (bicyclic) bond motifs is 1. The van der Waals surface area contributed by atoms with Crippen molar-refractivity contribution in [3.8, 4) is 11.5 Å². The zero-order valence-electron chi connectivity index (χ0n) is 19.1. The van der Waals surface area contributed by atoms with Crippen molar-refractivity contribution in [2.75, 3.05) is 20.8 Å². The Morgan fingerprint density at radius 2 is 1.94 bits per heavy atom. The highest BCUT2D eigenvalue weighted by atomic mass is 79.9. The van der Waals surface area contributed by atoms with Crippen LogP contribution in [0.2, 0.25) is 0 Å². The number of rotatable bonds is 7. The minimum absolute atomic E-state index is 0.190. The first kappa shape index (κ1) is 23.9. The number of carbonyl (C=O) groups excluding carboxylic acids is 1. The van der Waals surface area contributed by atoms with Crippen LogP contribution >= 0.6 is 15.9 Å². The van der Waals surface area contributed by atoms with Gasteiger partial charge in [0.25, 0.3) is 5.56 Å². The van der Waals surface area contributed by atoms with Gasteiger partial charge in [-0.05, 0) is 54.8 Å². The fourth-order valence-corrected chi connectivity index (χ4v) is 4.47. The minimum atomic E-state index is -0.488. The molecule has 8 nitrogen and oxygen atoms in total. The molecule has 1 saturated carbocycles. The first-order valence-corrected chi connectivity index (χ1v) is 11.9. The number of methoxy groups -OCH3 is 2. The summed E-state index contributed by atoms with van der Waals surface area (Å²) < 4.78 is 17.7. The third kappa shape index (κ3) is 5.30. The number of benzene rings is 2. The van der Waals surface area contributed by atoms with Crippen LogP contribution in [0.4, 0.5) is 0 Å². The number of esters is 1. The summed E-state index contributed by atoms with van der Waals surface area (Å²) in [6.07, 6.45) is 7.02. The van der Waals surface area contributed by atoms with Gasteiger partial charge in [0.05, 0.1) is 31.3 Å². The SMILES string of the molecule is COC(=O)COc1ccc(C=Nn2c(C3CCCCC3)nc3ccc(Br)cc3c2=O)cc1OC. The third-order valence-corrected chi connectivity index (χ3v) is 6.38. The average Bonchev–Trinajstić information content (AvgIpc) is 2.87. The van der Waals surface area contributed by atoms with E-state index >= 15 is 0 Å². The van der Waals surface area contributed by atoms with E-state index in [9.17, 15) is 9.59 Å². The number of hydrogen-bond acceptors (Lipinski definition) is 7. The lowest BCUT2D eigenvalue weighted by Gasteiger charge is -2.22. The molecule has 0 N–H and O–H groups in total. The third-order valence-electron chi connectivity index (χ3n) is 5.89. The van der Waals surface area contributed by atoms with Crippen LogP contribution in [0, 0.1) is 0 Å². The van der Waals surface area contributed by atoms with Crippen molar-refractivity contribution < 1.29 is 19.0 Å². The van der Waals surface area contributed by atoms with E-state index in [4.69, 9.17) is 14.5 Å². The van der Waals surface area contributed by atoms with Crippen molar-refractivity contribution in [1.29, 1.82) is 0 Å². The van der Waals surface area contributed by atoms with E-state index in [1.54, 1.807) is 30.5 Å². The van der Waals surface area contributed by atoms with E-state index in [0.29, 0.717) is 33.8 Å². The number of carbonyl (C=O) groups is 1.